The summed E-state index contributed by atoms with van der Waals surface area (Å²) in [4.78, 5) is 7.04. The van der Waals surface area contributed by atoms with Gasteiger partial charge in [-0.15, -0.1) is 0 Å². The summed E-state index contributed by atoms with van der Waals surface area (Å²) in [5, 5.41) is 20.9. The van der Waals surface area contributed by atoms with Crippen molar-refractivity contribution in [3.63, 3.8) is 0 Å². The maximum atomic E-state index is 12.1. The first-order valence-corrected chi connectivity index (χ1v) is 13.2. The molecular formula is C27H30N4O3S. The second kappa shape index (κ2) is 10.3. The first-order chi connectivity index (χ1) is 17.0. The Morgan fingerprint density at radius 1 is 1.14 bits per heavy atom. The van der Waals surface area contributed by atoms with Gasteiger partial charge < -0.3 is 14.5 Å². The standard InChI is InChI=1S/C27H30N4O3S/c1-18(35(28)33)15-19(16-20-7-6-12-26(29-20)31-14-13-21(32)17-31)22-8-2-3-9-23(22)27-24-10-4-5-11-25(24)34-30-27/h2-12,18-19,21,32H,13-17,28H2,1H3/t18?,19-,21+,35?/m1/s1. The van der Waals surface area contributed by atoms with E-state index in [2.05, 4.69) is 22.2 Å². The molecular weight excluding hydrogens is 460 g/mol. The van der Waals surface area contributed by atoms with Crippen LogP contribution in [-0.2, 0) is 17.4 Å². The van der Waals surface area contributed by atoms with Crippen molar-refractivity contribution >= 4 is 27.8 Å². The molecule has 2 unspecified atom stereocenters. The highest BCUT2D eigenvalue weighted by Crippen LogP contribution is 2.37. The maximum absolute atomic E-state index is 12.1. The van der Waals surface area contributed by atoms with Gasteiger partial charge in [-0.1, -0.05) is 47.6 Å². The van der Waals surface area contributed by atoms with Crippen molar-refractivity contribution in [1.29, 1.82) is 0 Å². The van der Waals surface area contributed by atoms with E-state index in [9.17, 15) is 9.32 Å². The van der Waals surface area contributed by atoms with E-state index in [1.807, 2.05) is 61.5 Å². The minimum absolute atomic E-state index is 0.0241. The van der Waals surface area contributed by atoms with Crippen molar-refractivity contribution in [2.24, 2.45) is 5.14 Å². The Morgan fingerprint density at radius 2 is 1.94 bits per heavy atom. The average molecular weight is 491 g/mol. The predicted octanol–water partition coefficient (Wildman–Crippen LogP) is 4.19. The van der Waals surface area contributed by atoms with Gasteiger partial charge in [-0.25, -0.2) is 9.19 Å². The van der Waals surface area contributed by atoms with E-state index < -0.39 is 11.0 Å². The first kappa shape index (κ1) is 23.7. The lowest BCUT2D eigenvalue weighted by Gasteiger charge is -2.23. The molecule has 4 aromatic rings. The van der Waals surface area contributed by atoms with Crippen molar-refractivity contribution in [3.05, 3.63) is 78.0 Å². The molecule has 4 atom stereocenters. The fourth-order valence-electron chi connectivity index (χ4n) is 4.92. The highest BCUT2D eigenvalue weighted by Gasteiger charge is 2.25. The van der Waals surface area contributed by atoms with Crippen LogP contribution in [0.1, 0.15) is 36.9 Å². The van der Waals surface area contributed by atoms with Gasteiger partial charge in [0.2, 0.25) is 0 Å². The summed E-state index contributed by atoms with van der Waals surface area (Å²) in [5.41, 5.74) is 4.59. The van der Waals surface area contributed by atoms with Crippen LogP contribution in [0.5, 0.6) is 0 Å². The molecule has 3 heterocycles. The van der Waals surface area contributed by atoms with Gasteiger partial charge in [-0.3, -0.25) is 5.14 Å². The number of aliphatic hydroxyl groups excluding tert-OH is 1. The number of rotatable bonds is 8. The minimum Gasteiger partial charge on any atom is -0.391 e. The number of fused-ring (bicyclic) bond motifs is 1. The molecule has 182 valence electrons. The van der Waals surface area contributed by atoms with Gasteiger partial charge in [0, 0.05) is 35.0 Å². The molecule has 0 aliphatic carbocycles. The van der Waals surface area contributed by atoms with E-state index in [4.69, 9.17) is 14.6 Å². The topological polar surface area (TPSA) is 105 Å². The van der Waals surface area contributed by atoms with Crippen LogP contribution in [0.4, 0.5) is 5.82 Å². The Balaban J connectivity index is 1.52. The van der Waals surface area contributed by atoms with Crippen molar-refractivity contribution in [3.8, 4) is 11.3 Å². The maximum Gasteiger partial charge on any atom is 0.167 e. The summed E-state index contributed by atoms with van der Waals surface area (Å²) < 4.78 is 17.7. The van der Waals surface area contributed by atoms with Crippen LogP contribution in [0.3, 0.4) is 0 Å². The molecule has 0 radical (unpaired) electrons. The summed E-state index contributed by atoms with van der Waals surface area (Å²) in [5.74, 6) is 0.903. The number of benzene rings is 2. The number of para-hydroxylation sites is 1. The Kier molecular flexibility index (Phi) is 6.95. The summed E-state index contributed by atoms with van der Waals surface area (Å²) in [6.07, 6.45) is 1.76. The molecule has 1 fully saturated rings. The number of aliphatic hydroxyl groups is 1. The molecule has 0 spiro atoms. The molecule has 0 amide bonds. The van der Waals surface area contributed by atoms with Gasteiger partial charge in [-0.05, 0) is 61.9 Å². The largest absolute Gasteiger partial charge is 0.391 e. The van der Waals surface area contributed by atoms with Crippen LogP contribution in [0.15, 0.2) is 71.3 Å². The van der Waals surface area contributed by atoms with Gasteiger partial charge in [-0.2, -0.15) is 0 Å². The molecule has 8 heteroatoms. The number of β-amino-alcohol motifs (C(OH)–C–C–N with tert-alkyl or cyclic N) is 1. The van der Waals surface area contributed by atoms with Crippen molar-refractivity contribution in [2.75, 3.05) is 18.0 Å². The van der Waals surface area contributed by atoms with Gasteiger partial charge in [0.05, 0.1) is 17.1 Å². The van der Waals surface area contributed by atoms with Gasteiger partial charge in [0.15, 0.2) is 5.58 Å². The monoisotopic (exact) mass is 490 g/mol. The molecule has 0 saturated carbocycles. The number of aromatic nitrogens is 2. The highest BCUT2D eigenvalue weighted by molar-refractivity contribution is 7.83. The van der Waals surface area contributed by atoms with Crippen LogP contribution in [0.2, 0.25) is 0 Å². The third-order valence-electron chi connectivity index (χ3n) is 6.78. The fraction of sp³-hybridized carbons (Fsp3) is 0.333. The molecule has 0 bridgehead atoms. The second-order valence-corrected chi connectivity index (χ2v) is 10.7. The molecule has 5 rings (SSSR count). The van der Waals surface area contributed by atoms with Gasteiger partial charge in [0.1, 0.15) is 11.5 Å². The Bertz CT molecular complexity index is 1340. The van der Waals surface area contributed by atoms with Crippen molar-refractivity contribution < 1.29 is 13.8 Å². The molecule has 1 aliphatic heterocycles. The quantitative estimate of drug-likeness (QED) is 0.384. The highest BCUT2D eigenvalue weighted by atomic mass is 32.2. The lowest BCUT2D eigenvalue weighted by molar-refractivity contribution is 0.198. The summed E-state index contributed by atoms with van der Waals surface area (Å²) in [6, 6.07) is 22.1. The summed E-state index contributed by atoms with van der Waals surface area (Å²) >= 11 is 0. The average Bonchev–Trinajstić information content (AvgIpc) is 3.50. The molecule has 7 nitrogen and oxygen atoms in total. The third kappa shape index (κ3) is 5.15. The number of hydrogen-bond acceptors (Lipinski definition) is 6. The molecule has 1 saturated heterocycles. The Hall–Kier alpha value is -3.07. The normalized spacial score (nSPS) is 18.6. The molecule has 1 aliphatic rings. The number of nitrogens with two attached hydrogens (primary N) is 1. The molecule has 35 heavy (non-hydrogen) atoms. The van der Waals surface area contributed by atoms with Gasteiger partial charge >= 0.3 is 0 Å². The minimum atomic E-state index is -1.43. The van der Waals surface area contributed by atoms with Crippen molar-refractivity contribution in [2.45, 2.75) is 43.5 Å². The lowest BCUT2D eigenvalue weighted by Crippen LogP contribution is -2.23. The van der Waals surface area contributed by atoms with Crippen LogP contribution in [-0.4, -0.2) is 43.9 Å². The lowest BCUT2D eigenvalue weighted by atomic mass is 9.85. The third-order valence-corrected chi connectivity index (χ3v) is 7.77. The van der Waals surface area contributed by atoms with Crippen LogP contribution in [0, 0.1) is 0 Å². The number of anilines is 1. The zero-order valence-electron chi connectivity index (χ0n) is 19.7. The first-order valence-electron chi connectivity index (χ1n) is 12.0. The van der Waals surface area contributed by atoms with E-state index in [1.165, 1.54) is 0 Å². The van der Waals surface area contributed by atoms with Crippen molar-refractivity contribution in [1.82, 2.24) is 10.1 Å². The zero-order chi connectivity index (χ0) is 24.4. The molecule has 3 N–H and O–H groups in total. The van der Waals surface area contributed by atoms with Crippen LogP contribution >= 0.6 is 0 Å². The number of pyridine rings is 1. The summed E-state index contributed by atoms with van der Waals surface area (Å²) in [6.45, 7) is 3.32. The van der Waals surface area contributed by atoms with E-state index >= 15 is 0 Å². The smallest absolute Gasteiger partial charge is 0.167 e. The van der Waals surface area contributed by atoms with E-state index in [0.717, 1.165) is 52.3 Å². The predicted molar refractivity (Wildman–Crippen MR) is 139 cm³/mol. The van der Waals surface area contributed by atoms with E-state index in [-0.39, 0.29) is 17.3 Å². The Morgan fingerprint density at radius 3 is 2.74 bits per heavy atom. The second-order valence-electron chi connectivity index (χ2n) is 9.27. The molecule has 2 aromatic heterocycles. The summed E-state index contributed by atoms with van der Waals surface area (Å²) in [7, 11) is -1.43. The SMILES string of the molecule is CC(C[C@H](Cc1cccc(N2CC[C@H](O)C2)n1)c1ccccc1-c1noc2ccccc12)S(N)=O. The van der Waals surface area contributed by atoms with E-state index in [0.29, 0.717) is 19.4 Å². The molecule has 2 aromatic carbocycles. The zero-order valence-corrected chi connectivity index (χ0v) is 20.5. The number of hydrogen-bond donors (Lipinski definition) is 2. The van der Waals surface area contributed by atoms with Gasteiger partial charge in [0.25, 0.3) is 0 Å². The van der Waals surface area contributed by atoms with Crippen LogP contribution in [0.25, 0.3) is 22.2 Å². The fourth-order valence-corrected chi connectivity index (χ4v) is 5.35. The number of nitrogens with zero attached hydrogens (tertiary/aromatic N) is 3. The Labute approximate surface area is 207 Å². The van der Waals surface area contributed by atoms with Crippen LogP contribution < -0.4 is 10.0 Å². The van der Waals surface area contributed by atoms with E-state index in [1.54, 1.807) is 0 Å².